The molecule has 0 fully saturated rings. The van der Waals surface area contributed by atoms with Crippen molar-refractivity contribution in [2.75, 3.05) is 0 Å². The number of aryl methyl sites for hydroxylation is 3. The van der Waals surface area contributed by atoms with E-state index in [1.54, 1.807) is 10.9 Å². The van der Waals surface area contributed by atoms with Gasteiger partial charge >= 0.3 is 0 Å². The zero-order chi connectivity index (χ0) is 12.4. The van der Waals surface area contributed by atoms with Crippen molar-refractivity contribution in [2.45, 2.75) is 26.7 Å². The van der Waals surface area contributed by atoms with Crippen molar-refractivity contribution < 1.29 is 0 Å². The Morgan fingerprint density at radius 3 is 2.88 bits per heavy atom. The van der Waals surface area contributed by atoms with E-state index in [2.05, 4.69) is 23.1 Å². The first kappa shape index (κ1) is 11.4. The van der Waals surface area contributed by atoms with E-state index in [0.29, 0.717) is 5.56 Å². The van der Waals surface area contributed by atoms with E-state index in [4.69, 9.17) is 0 Å². The van der Waals surface area contributed by atoms with Crippen molar-refractivity contribution in [3.8, 4) is 11.9 Å². The monoisotopic (exact) mass is 229 g/mol. The molecule has 0 aromatic carbocycles. The summed E-state index contributed by atoms with van der Waals surface area (Å²) in [5.74, 6) is 1.76. The van der Waals surface area contributed by atoms with Gasteiger partial charge in [0.2, 0.25) is 0 Å². The molecule has 0 amide bonds. The second-order valence-corrected chi connectivity index (χ2v) is 3.98. The van der Waals surface area contributed by atoms with E-state index in [-0.39, 0.29) is 0 Å². The second kappa shape index (κ2) is 4.42. The third kappa shape index (κ3) is 1.82. The van der Waals surface area contributed by atoms with Crippen LogP contribution in [0, 0.1) is 18.3 Å². The molecule has 2 rings (SSSR count). The van der Waals surface area contributed by atoms with Gasteiger partial charge in [-0.15, -0.1) is 0 Å². The van der Waals surface area contributed by atoms with Gasteiger partial charge in [0.25, 0.3) is 0 Å². The Hall–Kier alpha value is -2.09. The van der Waals surface area contributed by atoms with Crippen LogP contribution in [0.25, 0.3) is 5.82 Å². The fraction of sp³-hybridized carbons (Fsp3) is 0.417. The summed E-state index contributed by atoms with van der Waals surface area (Å²) >= 11 is 0. The first-order valence-corrected chi connectivity index (χ1v) is 5.65. The average Bonchev–Trinajstić information content (AvgIpc) is 2.83. The van der Waals surface area contributed by atoms with Crippen LogP contribution in [0.4, 0.5) is 0 Å². The number of nitrogens with zero attached hydrogens (tertiary/aromatic N) is 5. The third-order valence-corrected chi connectivity index (χ3v) is 2.72. The number of rotatable bonds is 3. The number of imidazole rings is 1. The van der Waals surface area contributed by atoms with Crippen LogP contribution >= 0.6 is 0 Å². The summed E-state index contributed by atoms with van der Waals surface area (Å²) in [6.45, 7) is 3.96. The second-order valence-electron chi connectivity index (χ2n) is 3.98. The van der Waals surface area contributed by atoms with Crippen LogP contribution in [0.3, 0.4) is 0 Å². The summed E-state index contributed by atoms with van der Waals surface area (Å²) in [6.07, 6.45) is 5.55. The zero-order valence-corrected chi connectivity index (χ0v) is 10.3. The summed E-state index contributed by atoms with van der Waals surface area (Å²) in [6, 6.07) is 2.21. The molecule has 0 radical (unpaired) electrons. The molecule has 2 aromatic rings. The van der Waals surface area contributed by atoms with Gasteiger partial charge in [-0.2, -0.15) is 10.4 Å². The fourth-order valence-corrected chi connectivity index (χ4v) is 1.99. The predicted octanol–water partition coefficient (Wildman–Crippen LogP) is 1.74. The molecule has 2 aromatic heterocycles. The molecule has 5 heteroatoms. The Balaban J connectivity index is 2.60. The van der Waals surface area contributed by atoms with Gasteiger partial charge in [-0.05, 0) is 13.3 Å². The quantitative estimate of drug-likeness (QED) is 0.805. The topological polar surface area (TPSA) is 59.4 Å². The van der Waals surface area contributed by atoms with Crippen LogP contribution in [0.5, 0.6) is 0 Å². The lowest BCUT2D eigenvalue weighted by Gasteiger charge is -2.07. The molecule has 0 aliphatic carbocycles. The van der Waals surface area contributed by atoms with Gasteiger partial charge in [0.1, 0.15) is 17.5 Å². The molecular weight excluding hydrogens is 214 g/mol. The summed E-state index contributed by atoms with van der Waals surface area (Å²) < 4.78 is 3.68. The fourth-order valence-electron chi connectivity index (χ4n) is 1.99. The minimum atomic E-state index is 0.614. The van der Waals surface area contributed by atoms with Crippen LogP contribution in [-0.4, -0.2) is 19.3 Å². The van der Waals surface area contributed by atoms with E-state index in [9.17, 15) is 5.26 Å². The average molecular weight is 229 g/mol. The van der Waals surface area contributed by atoms with Crippen molar-refractivity contribution in [1.29, 1.82) is 5.26 Å². The molecular formula is C12H15N5. The maximum atomic E-state index is 9.20. The first-order chi connectivity index (χ1) is 8.19. The SMILES string of the molecule is CCCc1nccn1-c1c(C#N)c(C)nn1C. The van der Waals surface area contributed by atoms with E-state index >= 15 is 0 Å². The summed E-state index contributed by atoms with van der Waals surface area (Å²) in [4.78, 5) is 4.32. The van der Waals surface area contributed by atoms with Crippen LogP contribution in [-0.2, 0) is 13.5 Å². The minimum Gasteiger partial charge on any atom is -0.287 e. The lowest BCUT2D eigenvalue weighted by molar-refractivity contribution is 0.700. The molecule has 2 heterocycles. The molecule has 0 saturated carbocycles. The van der Waals surface area contributed by atoms with Crippen molar-refractivity contribution in [3.05, 3.63) is 29.5 Å². The Kier molecular flexibility index (Phi) is 2.96. The van der Waals surface area contributed by atoms with Crippen molar-refractivity contribution >= 4 is 0 Å². The maximum absolute atomic E-state index is 9.20. The highest BCUT2D eigenvalue weighted by Crippen LogP contribution is 2.18. The van der Waals surface area contributed by atoms with Crippen LogP contribution in [0.15, 0.2) is 12.4 Å². The van der Waals surface area contributed by atoms with Crippen molar-refractivity contribution in [2.24, 2.45) is 7.05 Å². The lowest BCUT2D eigenvalue weighted by atomic mass is 10.2. The molecule has 0 N–H and O–H groups in total. The third-order valence-electron chi connectivity index (χ3n) is 2.72. The first-order valence-electron chi connectivity index (χ1n) is 5.65. The molecule has 0 aliphatic rings. The van der Waals surface area contributed by atoms with Gasteiger partial charge in [0, 0.05) is 25.9 Å². The predicted molar refractivity (Wildman–Crippen MR) is 63.8 cm³/mol. The molecule has 88 valence electrons. The molecule has 0 atom stereocenters. The molecule has 17 heavy (non-hydrogen) atoms. The van der Waals surface area contributed by atoms with Gasteiger partial charge in [0.05, 0.1) is 5.69 Å². The summed E-state index contributed by atoms with van der Waals surface area (Å²) in [5.41, 5.74) is 1.36. The summed E-state index contributed by atoms with van der Waals surface area (Å²) in [7, 11) is 1.85. The standard InChI is InChI=1S/C12H15N5/c1-4-5-11-14-6-7-17(11)12-10(8-13)9(2)15-16(12)3/h6-7H,4-5H2,1-3H3. The van der Waals surface area contributed by atoms with E-state index in [0.717, 1.165) is 30.2 Å². The largest absolute Gasteiger partial charge is 0.287 e. The van der Waals surface area contributed by atoms with E-state index in [1.165, 1.54) is 0 Å². The highest BCUT2D eigenvalue weighted by atomic mass is 15.3. The van der Waals surface area contributed by atoms with Crippen LogP contribution in [0.2, 0.25) is 0 Å². The number of aromatic nitrogens is 4. The molecule has 5 nitrogen and oxygen atoms in total. The number of hydrogen-bond acceptors (Lipinski definition) is 3. The smallest absolute Gasteiger partial charge is 0.154 e. The van der Waals surface area contributed by atoms with E-state index in [1.807, 2.05) is 24.7 Å². The molecule has 0 aliphatic heterocycles. The molecule has 0 spiro atoms. The van der Waals surface area contributed by atoms with Crippen LogP contribution in [0.1, 0.15) is 30.4 Å². The number of nitriles is 1. The minimum absolute atomic E-state index is 0.614. The lowest BCUT2D eigenvalue weighted by Crippen LogP contribution is -2.07. The Morgan fingerprint density at radius 1 is 1.47 bits per heavy atom. The van der Waals surface area contributed by atoms with Gasteiger partial charge in [-0.3, -0.25) is 9.25 Å². The van der Waals surface area contributed by atoms with Gasteiger partial charge in [0.15, 0.2) is 5.82 Å². The molecule has 0 bridgehead atoms. The molecule has 0 unspecified atom stereocenters. The Labute approximate surface area is 100 Å². The van der Waals surface area contributed by atoms with Gasteiger partial charge in [-0.25, -0.2) is 4.98 Å². The van der Waals surface area contributed by atoms with Crippen LogP contribution < -0.4 is 0 Å². The Bertz CT molecular complexity index is 570. The van der Waals surface area contributed by atoms with Gasteiger partial charge < -0.3 is 0 Å². The van der Waals surface area contributed by atoms with Gasteiger partial charge in [-0.1, -0.05) is 6.92 Å². The highest BCUT2D eigenvalue weighted by Gasteiger charge is 2.16. The van der Waals surface area contributed by atoms with Crippen molar-refractivity contribution in [1.82, 2.24) is 19.3 Å². The van der Waals surface area contributed by atoms with Crippen molar-refractivity contribution in [3.63, 3.8) is 0 Å². The number of hydrogen-bond donors (Lipinski definition) is 0. The normalized spacial score (nSPS) is 10.5. The maximum Gasteiger partial charge on any atom is 0.154 e. The zero-order valence-electron chi connectivity index (χ0n) is 10.3. The highest BCUT2D eigenvalue weighted by molar-refractivity contribution is 5.47. The molecule has 0 saturated heterocycles. The Morgan fingerprint density at radius 2 is 2.24 bits per heavy atom. The van der Waals surface area contributed by atoms with E-state index < -0.39 is 0 Å². The summed E-state index contributed by atoms with van der Waals surface area (Å²) in [5, 5.41) is 13.5.